The highest BCUT2D eigenvalue weighted by molar-refractivity contribution is 6.28. The smallest absolute Gasteiger partial charge is 0.129 e. The molecule has 3 aromatic rings. The van der Waals surface area contributed by atoms with Crippen LogP contribution in [0.4, 0.5) is 0 Å². The predicted octanol–water partition coefficient (Wildman–Crippen LogP) is 4.55. The van der Waals surface area contributed by atoms with E-state index >= 15 is 0 Å². The van der Waals surface area contributed by atoms with Gasteiger partial charge in [-0.15, -0.1) is 23.2 Å². The zero-order valence-electron chi connectivity index (χ0n) is 10.2. The lowest BCUT2D eigenvalue weighted by molar-refractivity contribution is 0.325. The van der Waals surface area contributed by atoms with E-state index in [4.69, 9.17) is 27.9 Å². The van der Waals surface area contributed by atoms with Gasteiger partial charge in [0.05, 0.1) is 10.9 Å². The molecule has 0 amide bonds. The number of rotatable bonds is 4. The van der Waals surface area contributed by atoms with E-state index in [2.05, 4.69) is 17.1 Å². The van der Waals surface area contributed by atoms with E-state index in [1.807, 2.05) is 30.3 Å². The second-order valence-electron chi connectivity index (χ2n) is 4.41. The first-order valence-corrected chi connectivity index (χ1v) is 7.09. The van der Waals surface area contributed by atoms with Gasteiger partial charge in [0.2, 0.25) is 0 Å². The molecule has 1 aromatic heterocycles. The molecule has 0 fully saturated rings. The highest BCUT2D eigenvalue weighted by Crippen LogP contribution is 2.33. The molecule has 0 spiro atoms. The highest BCUT2D eigenvalue weighted by Gasteiger charge is 2.10. The van der Waals surface area contributed by atoms with Gasteiger partial charge in [-0.05, 0) is 18.2 Å². The summed E-state index contributed by atoms with van der Waals surface area (Å²) in [6, 6.07) is 14.2. The molecule has 1 unspecified atom stereocenters. The topological polar surface area (TPSA) is 25.0 Å². The fraction of sp³-hybridized carbons (Fsp3) is 0.200. The third-order valence-corrected chi connectivity index (χ3v) is 3.89. The minimum absolute atomic E-state index is 0.179. The number of alkyl halides is 2. The summed E-state index contributed by atoms with van der Waals surface area (Å²) in [5, 5.41) is 2.07. The van der Waals surface area contributed by atoms with Crippen LogP contribution in [0.2, 0.25) is 0 Å². The highest BCUT2D eigenvalue weighted by atomic mass is 35.5. The van der Waals surface area contributed by atoms with Crippen molar-refractivity contribution >= 4 is 45.0 Å². The van der Waals surface area contributed by atoms with Crippen molar-refractivity contribution in [2.75, 3.05) is 12.5 Å². The van der Waals surface area contributed by atoms with Gasteiger partial charge in [-0.3, -0.25) is 0 Å². The number of fused-ring (bicyclic) bond motifs is 3. The summed E-state index contributed by atoms with van der Waals surface area (Å²) < 4.78 is 5.80. The van der Waals surface area contributed by atoms with Crippen LogP contribution in [0.5, 0.6) is 5.75 Å². The molecule has 0 saturated carbocycles. The first-order chi connectivity index (χ1) is 9.29. The fourth-order valence-electron chi connectivity index (χ4n) is 2.21. The van der Waals surface area contributed by atoms with Crippen molar-refractivity contribution < 1.29 is 4.74 Å². The predicted molar refractivity (Wildman–Crippen MR) is 81.7 cm³/mol. The molecule has 0 saturated heterocycles. The Hall–Kier alpha value is -1.38. The van der Waals surface area contributed by atoms with Crippen LogP contribution in [0.1, 0.15) is 0 Å². The Balaban J connectivity index is 2.08. The summed E-state index contributed by atoms with van der Waals surface area (Å²) in [6.07, 6.45) is 0. The molecule has 0 bridgehead atoms. The lowest BCUT2D eigenvalue weighted by Crippen LogP contribution is -2.13. The van der Waals surface area contributed by atoms with Gasteiger partial charge >= 0.3 is 0 Å². The standard InChI is InChI=1S/C15H13Cl2NO/c16-8-10(17)9-19-14-7-3-6-13-15(14)11-4-1-2-5-12(11)18-13/h1-7,10,18H,8-9H2. The number of H-pyrrole nitrogens is 1. The number of ether oxygens (including phenoxy) is 1. The molecule has 1 atom stereocenters. The first-order valence-electron chi connectivity index (χ1n) is 6.12. The molecule has 0 aliphatic carbocycles. The zero-order valence-corrected chi connectivity index (χ0v) is 11.7. The van der Waals surface area contributed by atoms with Crippen LogP contribution < -0.4 is 4.74 Å². The van der Waals surface area contributed by atoms with Gasteiger partial charge in [-0.25, -0.2) is 0 Å². The van der Waals surface area contributed by atoms with Crippen molar-refractivity contribution in [3.05, 3.63) is 42.5 Å². The Morgan fingerprint density at radius 1 is 1.05 bits per heavy atom. The summed E-state index contributed by atoms with van der Waals surface area (Å²) in [5.74, 6) is 1.22. The van der Waals surface area contributed by atoms with Crippen LogP contribution in [-0.4, -0.2) is 22.8 Å². The summed E-state index contributed by atoms with van der Waals surface area (Å²) in [4.78, 5) is 3.38. The van der Waals surface area contributed by atoms with E-state index in [-0.39, 0.29) is 5.38 Å². The maximum atomic E-state index is 5.99. The summed E-state index contributed by atoms with van der Waals surface area (Å²) >= 11 is 11.7. The van der Waals surface area contributed by atoms with E-state index in [9.17, 15) is 0 Å². The number of halogens is 2. The van der Waals surface area contributed by atoms with E-state index in [1.165, 1.54) is 0 Å². The molecule has 98 valence electrons. The number of aromatic nitrogens is 1. The van der Waals surface area contributed by atoms with Gasteiger partial charge < -0.3 is 9.72 Å². The third-order valence-electron chi connectivity index (χ3n) is 3.08. The van der Waals surface area contributed by atoms with E-state index in [0.29, 0.717) is 12.5 Å². The van der Waals surface area contributed by atoms with Gasteiger partial charge in [0.25, 0.3) is 0 Å². The molecule has 2 aromatic carbocycles. The molecule has 2 nitrogen and oxygen atoms in total. The Bertz CT molecular complexity index is 708. The largest absolute Gasteiger partial charge is 0.491 e. The zero-order chi connectivity index (χ0) is 13.2. The molecule has 0 radical (unpaired) electrons. The van der Waals surface area contributed by atoms with Gasteiger partial charge in [0, 0.05) is 22.2 Å². The minimum Gasteiger partial charge on any atom is -0.491 e. The quantitative estimate of drug-likeness (QED) is 0.702. The summed E-state index contributed by atoms with van der Waals surface area (Å²) in [7, 11) is 0. The molecule has 1 heterocycles. The molecule has 19 heavy (non-hydrogen) atoms. The third kappa shape index (κ3) is 2.38. The van der Waals surface area contributed by atoms with Gasteiger partial charge in [0.15, 0.2) is 0 Å². The number of para-hydroxylation sites is 1. The van der Waals surface area contributed by atoms with E-state index < -0.39 is 0 Å². The van der Waals surface area contributed by atoms with Crippen LogP contribution in [0.25, 0.3) is 21.8 Å². The molecule has 1 N–H and O–H groups in total. The molecule has 0 aliphatic heterocycles. The number of aromatic amines is 1. The van der Waals surface area contributed by atoms with Gasteiger partial charge in [0.1, 0.15) is 12.4 Å². The number of hydrogen-bond donors (Lipinski definition) is 1. The molecular formula is C15H13Cl2NO. The number of hydrogen-bond acceptors (Lipinski definition) is 1. The monoisotopic (exact) mass is 293 g/mol. The Kier molecular flexibility index (Phi) is 3.54. The maximum Gasteiger partial charge on any atom is 0.129 e. The first kappa shape index (κ1) is 12.6. The average Bonchev–Trinajstić information content (AvgIpc) is 2.83. The lowest BCUT2D eigenvalue weighted by Gasteiger charge is -2.10. The van der Waals surface area contributed by atoms with Crippen LogP contribution in [-0.2, 0) is 0 Å². The average molecular weight is 294 g/mol. The van der Waals surface area contributed by atoms with Crippen molar-refractivity contribution in [1.82, 2.24) is 4.98 Å². The summed E-state index contributed by atoms with van der Waals surface area (Å²) in [5.41, 5.74) is 2.17. The SMILES string of the molecule is ClCC(Cl)COc1cccc2[nH]c3ccccc3c12. The molecule has 3 rings (SSSR count). The van der Waals surface area contributed by atoms with Crippen LogP contribution in [0.3, 0.4) is 0 Å². The molecule has 4 heteroatoms. The lowest BCUT2D eigenvalue weighted by atomic mass is 10.1. The fourth-order valence-corrected chi connectivity index (χ4v) is 2.37. The maximum absolute atomic E-state index is 5.99. The van der Waals surface area contributed by atoms with Crippen molar-refractivity contribution in [3.63, 3.8) is 0 Å². The van der Waals surface area contributed by atoms with Crippen LogP contribution >= 0.6 is 23.2 Å². The minimum atomic E-state index is -0.179. The second kappa shape index (κ2) is 5.32. The van der Waals surface area contributed by atoms with Crippen molar-refractivity contribution in [2.24, 2.45) is 0 Å². The van der Waals surface area contributed by atoms with Crippen molar-refractivity contribution in [1.29, 1.82) is 0 Å². The normalized spacial score (nSPS) is 12.9. The summed E-state index contributed by atoms with van der Waals surface area (Å²) in [6.45, 7) is 0.406. The molecule has 0 aliphatic rings. The van der Waals surface area contributed by atoms with Crippen LogP contribution in [0, 0.1) is 0 Å². The second-order valence-corrected chi connectivity index (χ2v) is 5.34. The molecular weight excluding hydrogens is 281 g/mol. The van der Waals surface area contributed by atoms with Gasteiger partial charge in [-0.2, -0.15) is 0 Å². The number of nitrogens with one attached hydrogen (secondary N) is 1. The van der Waals surface area contributed by atoms with Gasteiger partial charge in [-0.1, -0.05) is 24.3 Å². The Morgan fingerprint density at radius 2 is 1.84 bits per heavy atom. The van der Waals surface area contributed by atoms with E-state index in [1.54, 1.807) is 0 Å². The van der Waals surface area contributed by atoms with Crippen LogP contribution in [0.15, 0.2) is 42.5 Å². The van der Waals surface area contributed by atoms with Crippen molar-refractivity contribution in [2.45, 2.75) is 5.38 Å². The van der Waals surface area contributed by atoms with E-state index in [0.717, 1.165) is 27.6 Å². The van der Waals surface area contributed by atoms with Crippen molar-refractivity contribution in [3.8, 4) is 5.75 Å². The Labute approximate surface area is 121 Å². The Morgan fingerprint density at radius 3 is 2.68 bits per heavy atom. The number of benzene rings is 2.